The van der Waals surface area contributed by atoms with Crippen molar-refractivity contribution in [3.63, 3.8) is 0 Å². The number of carbonyl (C=O) groups is 1. The smallest absolute Gasteiger partial charge is 0.222 e. The standard InChI is InChI=1S/C10H19NO6/c1-2-3-6(13)11-10-9(16)8(15)7(14)5(4-12)17-10/h5,7-10,12,14-16H,2-4H2,1H3,(H,11,13)/t5-,7-,8+,9-,10-/m1/s1. The number of hydrogen-bond acceptors (Lipinski definition) is 6. The Hall–Kier alpha value is -0.730. The van der Waals surface area contributed by atoms with Gasteiger partial charge in [-0.1, -0.05) is 6.92 Å². The van der Waals surface area contributed by atoms with Gasteiger partial charge in [0.15, 0.2) is 6.23 Å². The van der Waals surface area contributed by atoms with Crippen molar-refractivity contribution in [2.24, 2.45) is 0 Å². The van der Waals surface area contributed by atoms with Gasteiger partial charge in [0.1, 0.15) is 24.4 Å². The summed E-state index contributed by atoms with van der Waals surface area (Å²) < 4.78 is 5.11. The third kappa shape index (κ3) is 3.36. The van der Waals surface area contributed by atoms with E-state index in [9.17, 15) is 20.1 Å². The normalized spacial score (nSPS) is 37.8. The quantitative estimate of drug-likeness (QED) is 0.382. The number of rotatable bonds is 4. The highest BCUT2D eigenvalue weighted by Crippen LogP contribution is 2.19. The highest BCUT2D eigenvalue weighted by atomic mass is 16.6. The minimum absolute atomic E-state index is 0.273. The van der Waals surface area contributed by atoms with Gasteiger partial charge in [-0.3, -0.25) is 4.79 Å². The molecule has 7 heteroatoms. The van der Waals surface area contributed by atoms with Crippen molar-refractivity contribution in [1.29, 1.82) is 0 Å². The first-order valence-corrected chi connectivity index (χ1v) is 5.61. The van der Waals surface area contributed by atoms with E-state index < -0.39 is 37.3 Å². The van der Waals surface area contributed by atoms with E-state index in [1.54, 1.807) is 0 Å². The Kier molecular flexibility index (Phi) is 5.29. The van der Waals surface area contributed by atoms with Crippen LogP contribution in [0.25, 0.3) is 0 Å². The average molecular weight is 249 g/mol. The fraction of sp³-hybridized carbons (Fsp3) is 0.900. The summed E-state index contributed by atoms with van der Waals surface area (Å²) in [5.74, 6) is -0.322. The van der Waals surface area contributed by atoms with Crippen molar-refractivity contribution in [3.05, 3.63) is 0 Å². The minimum Gasteiger partial charge on any atom is -0.394 e. The molecule has 0 spiro atoms. The Morgan fingerprint density at radius 1 is 1.24 bits per heavy atom. The van der Waals surface area contributed by atoms with Gasteiger partial charge in [-0.05, 0) is 6.42 Å². The van der Waals surface area contributed by atoms with Crippen molar-refractivity contribution in [2.75, 3.05) is 6.61 Å². The molecule has 5 N–H and O–H groups in total. The molecule has 1 saturated heterocycles. The second-order valence-electron chi connectivity index (χ2n) is 4.07. The van der Waals surface area contributed by atoms with E-state index in [0.717, 1.165) is 0 Å². The first-order chi connectivity index (χ1) is 8.01. The zero-order valence-electron chi connectivity index (χ0n) is 9.61. The lowest BCUT2D eigenvalue weighted by atomic mass is 9.98. The van der Waals surface area contributed by atoms with Gasteiger partial charge >= 0.3 is 0 Å². The van der Waals surface area contributed by atoms with Crippen LogP contribution in [0.5, 0.6) is 0 Å². The summed E-state index contributed by atoms with van der Waals surface area (Å²) in [7, 11) is 0. The van der Waals surface area contributed by atoms with Crippen LogP contribution in [0.2, 0.25) is 0 Å². The third-order valence-electron chi connectivity index (χ3n) is 2.67. The highest BCUT2D eigenvalue weighted by molar-refractivity contribution is 5.76. The van der Waals surface area contributed by atoms with Crippen LogP contribution >= 0.6 is 0 Å². The van der Waals surface area contributed by atoms with Crippen molar-refractivity contribution >= 4 is 5.91 Å². The van der Waals surface area contributed by atoms with E-state index in [4.69, 9.17) is 9.84 Å². The Bertz CT molecular complexity index is 259. The molecule has 0 saturated carbocycles. The van der Waals surface area contributed by atoms with E-state index in [1.165, 1.54) is 0 Å². The SMILES string of the molecule is CCCC(=O)N[C@@H]1O[C@H](CO)[C@@H](O)[C@H](O)[C@H]1O. The number of ether oxygens (including phenoxy) is 1. The summed E-state index contributed by atoms with van der Waals surface area (Å²) in [6.07, 6.45) is -5.50. The van der Waals surface area contributed by atoms with Crippen molar-refractivity contribution < 1.29 is 30.0 Å². The van der Waals surface area contributed by atoms with E-state index in [2.05, 4.69) is 5.32 Å². The van der Waals surface area contributed by atoms with E-state index in [0.29, 0.717) is 6.42 Å². The number of carbonyl (C=O) groups excluding carboxylic acids is 1. The molecule has 0 bridgehead atoms. The van der Waals surface area contributed by atoms with Gasteiger partial charge in [0.05, 0.1) is 6.61 Å². The number of aliphatic hydroxyl groups is 4. The summed E-state index contributed by atoms with van der Waals surface area (Å²) in [4.78, 5) is 11.3. The molecule has 17 heavy (non-hydrogen) atoms. The molecule has 1 fully saturated rings. The molecule has 1 aliphatic heterocycles. The average Bonchev–Trinajstić information content (AvgIpc) is 2.30. The van der Waals surface area contributed by atoms with Gasteiger partial charge in [0.2, 0.25) is 5.91 Å². The summed E-state index contributed by atoms with van der Waals surface area (Å²) in [6, 6.07) is 0. The molecule has 0 aliphatic carbocycles. The first-order valence-electron chi connectivity index (χ1n) is 5.61. The predicted octanol–water partition coefficient (Wildman–Crippen LogP) is -2.30. The zero-order valence-corrected chi connectivity index (χ0v) is 9.61. The van der Waals surface area contributed by atoms with Crippen LogP contribution < -0.4 is 5.32 Å². The van der Waals surface area contributed by atoms with Gasteiger partial charge in [0, 0.05) is 6.42 Å². The molecule has 1 amide bonds. The van der Waals surface area contributed by atoms with Crippen LogP contribution in [-0.2, 0) is 9.53 Å². The fourth-order valence-electron chi connectivity index (χ4n) is 1.68. The number of aliphatic hydroxyl groups excluding tert-OH is 4. The van der Waals surface area contributed by atoms with E-state index >= 15 is 0 Å². The van der Waals surface area contributed by atoms with Gasteiger partial charge in [-0.25, -0.2) is 0 Å². The van der Waals surface area contributed by atoms with Gasteiger partial charge < -0.3 is 30.5 Å². The number of nitrogens with one attached hydrogen (secondary N) is 1. The molecular formula is C10H19NO6. The Labute approximate surface area is 99.0 Å². The summed E-state index contributed by atoms with van der Waals surface area (Å²) in [6.45, 7) is 1.32. The zero-order chi connectivity index (χ0) is 13.0. The largest absolute Gasteiger partial charge is 0.394 e. The lowest BCUT2D eigenvalue weighted by Gasteiger charge is -2.40. The Morgan fingerprint density at radius 3 is 2.41 bits per heavy atom. The van der Waals surface area contributed by atoms with Crippen LogP contribution in [0.4, 0.5) is 0 Å². The monoisotopic (exact) mass is 249 g/mol. The molecule has 5 atom stereocenters. The van der Waals surface area contributed by atoms with Crippen LogP contribution in [-0.4, -0.2) is 63.6 Å². The maximum atomic E-state index is 11.3. The summed E-state index contributed by atoms with van der Waals surface area (Å²) >= 11 is 0. The number of amides is 1. The molecule has 7 nitrogen and oxygen atoms in total. The maximum Gasteiger partial charge on any atom is 0.222 e. The number of hydrogen-bond donors (Lipinski definition) is 5. The topological polar surface area (TPSA) is 119 Å². The molecule has 100 valence electrons. The summed E-state index contributed by atoms with van der Waals surface area (Å²) in [5.41, 5.74) is 0. The second-order valence-corrected chi connectivity index (χ2v) is 4.07. The molecule has 1 aliphatic rings. The van der Waals surface area contributed by atoms with Crippen LogP contribution in [0, 0.1) is 0 Å². The fourth-order valence-corrected chi connectivity index (χ4v) is 1.68. The molecule has 1 heterocycles. The molecular weight excluding hydrogens is 230 g/mol. The lowest BCUT2D eigenvalue weighted by Crippen LogP contribution is -2.63. The molecule has 0 unspecified atom stereocenters. The molecule has 0 aromatic rings. The highest BCUT2D eigenvalue weighted by Gasteiger charge is 2.43. The maximum absolute atomic E-state index is 11.3. The Balaban J connectivity index is 2.62. The predicted molar refractivity (Wildman–Crippen MR) is 56.8 cm³/mol. The van der Waals surface area contributed by atoms with E-state index in [-0.39, 0.29) is 12.3 Å². The van der Waals surface area contributed by atoms with Crippen LogP contribution in [0.15, 0.2) is 0 Å². The van der Waals surface area contributed by atoms with Crippen molar-refractivity contribution in [1.82, 2.24) is 5.32 Å². The van der Waals surface area contributed by atoms with Gasteiger partial charge in [-0.2, -0.15) is 0 Å². The van der Waals surface area contributed by atoms with Crippen LogP contribution in [0.3, 0.4) is 0 Å². The van der Waals surface area contributed by atoms with Crippen LogP contribution in [0.1, 0.15) is 19.8 Å². The van der Waals surface area contributed by atoms with Crippen molar-refractivity contribution in [3.8, 4) is 0 Å². The molecule has 1 rings (SSSR count). The van der Waals surface area contributed by atoms with Gasteiger partial charge in [0.25, 0.3) is 0 Å². The second kappa shape index (κ2) is 6.27. The van der Waals surface area contributed by atoms with Crippen molar-refractivity contribution in [2.45, 2.75) is 50.4 Å². The third-order valence-corrected chi connectivity index (χ3v) is 2.67. The first kappa shape index (κ1) is 14.3. The van der Waals surface area contributed by atoms with Gasteiger partial charge in [-0.15, -0.1) is 0 Å². The minimum atomic E-state index is -1.46. The molecule has 0 aromatic heterocycles. The molecule has 0 aromatic carbocycles. The van der Waals surface area contributed by atoms with E-state index in [1.807, 2.05) is 6.92 Å². The Morgan fingerprint density at radius 2 is 1.88 bits per heavy atom. The lowest BCUT2D eigenvalue weighted by molar-refractivity contribution is -0.235. The summed E-state index contributed by atoms with van der Waals surface area (Å²) in [5, 5.41) is 39.9. The molecule has 0 radical (unpaired) electrons.